The Kier molecular flexibility index (Phi) is 8.93. The molecule has 2 N–H and O–H groups in total. The van der Waals surface area contributed by atoms with Crippen molar-refractivity contribution in [1.82, 2.24) is 0 Å². The van der Waals surface area contributed by atoms with Crippen LogP contribution >= 0.6 is 15.9 Å². The zero-order valence-corrected chi connectivity index (χ0v) is 19.3. The minimum Gasteiger partial charge on any atom is -0.456 e. The van der Waals surface area contributed by atoms with Gasteiger partial charge in [0.2, 0.25) is 5.91 Å². The van der Waals surface area contributed by atoms with Crippen molar-refractivity contribution < 1.29 is 23.9 Å². The Hall–Kier alpha value is -3.00. The lowest BCUT2D eigenvalue weighted by molar-refractivity contribution is -0.147. The number of benzene rings is 2. The average Bonchev–Trinajstić information content (AvgIpc) is 2.73. The van der Waals surface area contributed by atoms with Gasteiger partial charge in [0.05, 0.1) is 0 Å². The van der Waals surface area contributed by atoms with Gasteiger partial charge in [0.15, 0.2) is 12.4 Å². The van der Waals surface area contributed by atoms with Gasteiger partial charge in [-0.05, 0) is 74.7 Å². The van der Waals surface area contributed by atoms with Crippen molar-refractivity contribution in [3.05, 3.63) is 57.6 Å². The lowest BCUT2D eigenvalue weighted by Gasteiger charge is -2.12. The molecule has 0 unspecified atom stereocenters. The molecule has 0 atom stereocenters. The van der Waals surface area contributed by atoms with E-state index in [0.717, 1.165) is 15.6 Å². The standard InChI is InChI=1S/C23H25BrN2O5/c1-14-15(2)20(12-11-19(14)24)26-22(29)13-31-23(30)6-4-5-21(28)25-18-9-7-17(8-10-18)16(3)27/h7-12H,4-6,13H2,1-3H3,(H,25,28)(H,26,29). The fraction of sp³-hybridized carbons (Fsp3) is 0.304. The van der Waals surface area contributed by atoms with Gasteiger partial charge in [-0.15, -0.1) is 0 Å². The summed E-state index contributed by atoms with van der Waals surface area (Å²) in [6.45, 7) is 4.91. The molecule has 31 heavy (non-hydrogen) atoms. The van der Waals surface area contributed by atoms with E-state index in [2.05, 4.69) is 26.6 Å². The molecular formula is C23H25BrN2O5. The van der Waals surface area contributed by atoms with Crippen LogP contribution in [0.4, 0.5) is 11.4 Å². The van der Waals surface area contributed by atoms with Gasteiger partial charge in [0.1, 0.15) is 0 Å². The second-order valence-electron chi connectivity index (χ2n) is 7.09. The van der Waals surface area contributed by atoms with E-state index in [-0.39, 0.29) is 31.1 Å². The van der Waals surface area contributed by atoms with Gasteiger partial charge in [-0.2, -0.15) is 0 Å². The van der Waals surface area contributed by atoms with Gasteiger partial charge in [-0.1, -0.05) is 15.9 Å². The predicted molar refractivity (Wildman–Crippen MR) is 122 cm³/mol. The first-order valence-electron chi connectivity index (χ1n) is 9.79. The summed E-state index contributed by atoms with van der Waals surface area (Å²) in [5, 5.41) is 5.43. The first kappa shape index (κ1) is 24.3. The number of hydrogen-bond acceptors (Lipinski definition) is 5. The van der Waals surface area contributed by atoms with Crippen LogP contribution in [-0.4, -0.2) is 30.2 Å². The first-order valence-corrected chi connectivity index (χ1v) is 10.6. The molecule has 2 aromatic rings. The van der Waals surface area contributed by atoms with Crippen molar-refractivity contribution >= 4 is 50.9 Å². The first-order chi connectivity index (χ1) is 14.7. The van der Waals surface area contributed by atoms with Crippen molar-refractivity contribution in [3.63, 3.8) is 0 Å². The molecule has 0 saturated carbocycles. The molecule has 0 heterocycles. The molecule has 164 valence electrons. The van der Waals surface area contributed by atoms with Gasteiger partial charge in [0.25, 0.3) is 5.91 Å². The van der Waals surface area contributed by atoms with Crippen LogP contribution in [0, 0.1) is 13.8 Å². The number of halogens is 1. The third-order valence-corrected chi connectivity index (χ3v) is 5.58. The zero-order valence-electron chi connectivity index (χ0n) is 17.7. The minimum atomic E-state index is -0.544. The average molecular weight is 489 g/mol. The summed E-state index contributed by atoms with van der Waals surface area (Å²) in [5.41, 5.74) is 3.75. The summed E-state index contributed by atoms with van der Waals surface area (Å²) in [7, 11) is 0. The number of hydrogen-bond donors (Lipinski definition) is 2. The van der Waals surface area contributed by atoms with E-state index in [1.165, 1.54) is 6.92 Å². The van der Waals surface area contributed by atoms with Crippen LogP contribution in [0.25, 0.3) is 0 Å². The summed E-state index contributed by atoms with van der Waals surface area (Å²) in [6.07, 6.45) is 0.455. The highest BCUT2D eigenvalue weighted by Gasteiger charge is 2.12. The fourth-order valence-electron chi connectivity index (χ4n) is 2.73. The highest BCUT2D eigenvalue weighted by atomic mass is 79.9. The van der Waals surface area contributed by atoms with Crippen LogP contribution in [0.15, 0.2) is 40.9 Å². The van der Waals surface area contributed by atoms with E-state index in [1.54, 1.807) is 30.3 Å². The Morgan fingerprint density at radius 3 is 2.19 bits per heavy atom. The zero-order chi connectivity index (χ0) is 23.0. The molecule has 8 heteroatoms. The highest BCUT2D eigenvalue weighted by molar-refractivity contribution is 9.10. The maximum atomic E-state index is 12.0. The monoisotopic (exact) mass is 488 g/mol. The molecule has 0 aromatic heterocycles. The van der Waals surface area contributed by atoms with Gasteiger partial charge >= 0.3 is 5.97 Å². The number of nitrogens with one attached hydrogen (secondary N) is 2. The smallest absolute Gasteiger partial charge is 0.306 e. The summed E-state index contributed by atoms with van der Waals surface area (Å²) >= 11 is 3.43. The Bertz CT molecular complexity index is 986. The number of Topliss-reactive ketones (excluding diaryl/α,β-unsaturated/α-hetero) is 1. The largest absolute Gasteiger partial charge is 0.456 e. The molecule has 0 saturated heterocycles. The summed E-state index contributed by atoms with van der Waals surface area (Å²) in [5.74, 6) is -1.27. The van der Waals surface area contributed by atoms with Crippen LogP contribution in [0.3, 0.4) is 0 Å². The maximum Gasteiger partial charge on any atom is 0.306 e. The van der Waals surface area contributed by atoms with Crippen molar-refractivity contribution in [2.24, 2.45) is 0 Å². The molecule has 0 fully saturated rings. The molecule has 7 nitrogen and oxygen atoms in total. The highest BCUT2D eigenvalue weighted by Crippen LogP contribution is 2.25. The molecule has 2 rings (SSSR count). The van der Waals surface area contributed by atoms with E-state index in [9.17, 15) is 19.2 Å². The number of esters is 1. The van der Waals surface area contributed by atoms with Crippen molar-refractivity contribution in [2.45, 2.75) is 40.0 Å². The molecule has 0 radical (unpaired) electrons. The lowest BCUT2D eigenvalue weighted by Crippen LogP contribution is -2.21. The lowest BCUT2D eigenvalue weighted by atomic mass is 10.1. The Labute approximate surface area is 189 Å². The number of amides is 2. The normalized spacial score (nSPS) is 10.3. The molecule has 0 aliphatic rings. The Balaban J connectivity index is 1.68. The van der Waals surface area contributed by atoms with E-state index in [1.807, 2.05) is 19.9 Å². The molecule has 2 aromatic carbocycles. The third kappa shape index (κ3) is 7.64. The fourth-order valence-corrected chi connectivity index (χ4v) is 3.16. The van der Waals surface area contributed by atoms with Crippen LogP contribution in [0.1, 0.15) is 47.7 Å². The second-order valence-corrected chi connectivity index (χ2v) is 7.94. The van der Waals surface area contributed by atoms with Gasteiger partial charge in [0, 0.05) is 34.3 Å². The minimum absolute atomic E-state index is 0.0282. The molecule has 0 bridgehead atoms. The van der Waals surface area contributed by atoms with E-state index < -0.39 is 11.9 Å². The Morgan fingerprint density at radius 1 is 0.871 bits per heavy atom. The van der Waals surface area contributed by atoms with Crippen LogP contribution in [0.2, 0.25) is 0 Å². The molecular weight excluding hydrogens is 464 g/mol. The predicted octanol–water partition coefficient (Wildman–Crippen LogP) is 4.56. The molecule has 0 aliphatic carbocycles. The number of anilines is 2. The number of ether oxygens (including phenoxy) is 1. The van der Waals surface area contributed by atoms with Crippen LogP contribution in [0.5, 0.6) is 0 Å². The Morgan fingerprint density at radius 2 is 1.55 bits per heavy atom. The van der Waals surface area contributed by atoms with E-state index >= 15 is 0 Å². The molecule has 0 aliphatic heterocycles. The van der Waals surface area contributed by atoms with Crippen molar-refractivity contribution in [1.29, 1.82) is 0 Å². The third-order valence-electron chi connectivity index (χ3n) is 4.72. The van der Waals surface area contributed by atoms with Crippen LogP contribution < -0.4 is 10.6 Å². The van der Waals surface area contributed by atoms with Crippen molar-refractivity contribution in [2.75, 3.05) is 17.2 Å². The number of rotatable bonds is 9. The topological polar surface area (TPSA) is 102 Å². The maximum absolute atomic E-state index is 12.0. The van der Waals surface area contributed by atoms with E-state index in [4.69, 9.17) is 4.74 Å². The number of carbonyl (C=O) groups is 4. The number of carbonyl (C=O) groups excluding carboxylic acids is 4. The van der Waals surface area contributed by atoms with Gasteiger partial charge < -0.3 is 15.4 Å². The van der Waals surface area contributed by atoms with Crippen molar-refractivity contribution in [3.8, 4) is 0 Å². The van der Waals surface area contributed by atoms with Gasteiger partial charge in [-0.25, -0.2) is 0 Å². The molecule has 2 amide bonds. The van der Waals surface area contributed by atoms with Gasteiger partial charge in [-0.3, -0.25) is 19.2 Å². The SMILES string of the molecule is CC(=O)c1ccc(NC(=O)CCCC(=O)OCC(=O)Nc2ccc(Br)c(C)c2C)cc1. The quantitative estimate of drug-likeness (QED) is 0.397. The number of ketones is 1. The molecule has 0 spiro atoms. The van der Waals surface area contributed by atoms with Crippen LogP contribution in [-0.2, 0) is 19.1 Å². The summed E-state index contributed by atoms with van der Waals surface area (Å²) in [4.78, 5) is 47.1. The summed E-state index contributed by atoms with van der Waals surface area (Å²) < 4.78 is 5.93. The summed E-state index contributed by atoms with van der Waals surface area (Å²) in [6, 6.07) is 10.2. The second kappa shape index (κ2) is 11.4. The van der Waals surface area contributed by atoms with E-state index in [0.29, 0.717) is 23.4 Å².